The molecule has 3 aromatic rings. The summed E-state index contributed by atoms with van der Waals surface area (Å²) in [5, 5.41) is 9.01. The third-order valence-electron chi connectivity index (χ3n) is 6.61. The van der Waals surface area contributed by atoms with Crippen LogP contribution in [0.4, 0.5) is 0 Å². The Morgan fingerprint density at radius 1 is 1.15 bits per heavy atom. The topological polar surface area (TPSA) is 81.4 Å². The summed E-state index contributed by atoms with van der Waals surface area (Å²) < 4.78 is 0. The zero-order valence-electron chi connectivity index (χ0n) is 19.0. The highest BCUT2D eigenvalue weighted by Crippen LogP contribution is 2.24. The van der Waals surface area contributed by atoms with E-state index in [1.165, 1.54) is 29.7 Å². The van der Waals surface area contributed by atoms with E-state index in [0.29, 0.717) is 18.5 Å². The second-order valence-electron chi connectivity index (χ2n) is 9.01. The molecule has 0 radical (unpaired) electrons. The van der Waals surface area contributed by atoms with Gasteiger partial charge in [-0.05, 0) is 49.8 Å². The summed E-state index contributed by atoms with van der Waals surface area (Å²) in [5.74, 6) is 5.08. The highest BCUT2D eigenvalue weighted by Gasteiger charge is 2.19. The number of aryl methyl sites for hydroxylation is 2. The number of rotatable bonds is 9. The smallest absolute Gasteiger partial charge is 0.123 e. The summed E-state index contributed by atoms with van der Waals surface area (Å²) in [4.78, 5) is 16.3. The van der Waals surface area contributed by atoms with Gasteiger partial charge in [0.15, 0.2) is 0 Å². The fourth-order valence-corrected chi connectivity index (χ4v) is 4.74. The van der Waals surface area contributed by atoms with Crippen LogP contribution >= 0.6 is 0 Å². The molecule has 3 heterocycles. The molecule has 0 amide bonds. The monoisotopic (exact) mass is 440 g/mol. The highest BCUT2D eigenvalue weighted by molar-refractivity contribution is 5.46. The van der Waals surface area contributed by atoms with Gasteiger partial charge in [-0.2, -0.15) is 0 Å². The van der Waals surface area contributed by atoms with Crippen molar-refractivity contribution < 1.29 is 0 Å². The van der Waals surface area contributed by atoms with Crippen molar-refractivity contribution in [2.45, 2.75) is 57.0 Å². The zero-order chi connectivity index (χ0) is 22.5. The number of nitrogens with zero attached hydrogens (tertiary/aromatic N) is 2. The van der Waals surface area contributed by atoms with E-state index in [0.717, 1.165) is 61.1 Å². The third kappa shape index (κ3) is 5.27. The van der Waals surface area contributed by atoms with Gasteiger partial charge in [0.05, 0.1) is 23.3 Å². The number of aromatic nitrogens is 4. The fraction of sp³-hybridized carbons (Fsp3) is 0.407. The summed E-state index contributed by atoms with van der Waals surface area (Å²) in [6, 6.07) is 9.48. The van der Waals surface area contributed by atoms with Crippen LogP contribution in [0.25, 0.3) is 12.2 Å². The van der Waals surface area contributed by atoms with Gasteiger partial charge >= 0.3 is 0 Å². The van der Waals surface area contributed by atoms with Crippen LogP contribution in [0.15, 0.2) is 30.5 Å². The maximum absolute atomic E-state index is 5.30. The lowest BCUT2D eigenvalue weighted by atomic mass is 9.92. The van der Waals surface area contributed by atoms with Crippen molar-refractivity contribution in [1.82, 2.24) is 30.6 Å². The minimum atomic E-state index is 0.378. The Morgan fingerprint density at radius 2 is 2.06 bits per heavy atom. The minimum absolute atomic E-state index is 0.378. The first-order valence-electron chi connectivity index (χ1n) is 12.1. The van der Waals surface area contributed by atoms with Crippen molar-refractivity contribution >= 4 is 12.2 Å². The van der Waals surface area contributed by atoms with Gasteiger partial charge < -0.3 is 20.6 Å². The van der Waals surface area contributed by atoms with E-state index < -0.39 is 0 Å². The lowest BCUT2D eigenvalue weighted by molar-refractivity contribution is 0.611. The molecule has 4 N–H and O–H groups in total. The van der Waals surface area contributed by atoms with Gasteiger partial charge in [-0.25, -0.2) is 9.97 Å². The molecule has 1 aliphatic heterocycles. The maximum atomic E-state index is 5.30. The summed E-state index contributed by atoms with van der Waals surface area (Å²) in [5.41, 5.74) is 3.92. The lowest BCUT2D eigenvalue weighted by Crippen LogP contribution is -2.28. The molecule has 33 heavy (non-hydrogen) atoms. The molecular formula is C27H32N6. The van der Waals surface area contributed by atoms with E-state index in [-0.39, 0.29) is 0 Å². The summed E-state index contributed by atoms with van der Waals surface area (Å²) in [7, 11) is 0. The Kier molecular flexibility index (Phi) is 6.71. The number of fused-ring (bicyclic) bond motifs is 1. The average molecular weight is 441 g/mol. The molecule has 2 aliphatic rings. The van der Waals surface area contributed by atoms with Crippen molar-refractivity contribution in [1.29, 1.82) is 0 Å². The van der Waals surface area contributed by atoms with E-state index in [1.54, 1.807) is 0 Å². The quantitative estimate of drug-likeness (QED) is 0.304. The lowest BCUT2D eigenvalue weighted by Gasteiger charge is -2.13. The number of benzene rings is 1. The maximum Gasteiger partial charge on any atom is 0.123 e. The van der Waals surface area contributed by atoms with Crippen molar-refractivity contribution in [3.05, 3.63) is 69.6 Å². The number of terminal acetylenes is 1. The van der Waals surface area contributed by atoms with Crippen LogP contribution < -0.4 is 21.3 Å². The molecule has 1 aromatic carbocycles. The molecule has 0 bridgehead atoms. The molecule has 1 saturated heterocycles. The highest BCUT2D eigenvalue weighted by atomic mass is 15.0. The van der Waals surface area contributed by atoms with Crippen molar-refractivity contribution in [2.24, 2.45) is 0 Å². The van der Waals surface area contributed by atoms with Crippen LogP contribution in [0.5, 0.6) is 0 Å². The second kappa shape index (κ2) is 10.2. The number of hydrogen-bond donors (Lipinski definition) is 4. The largest absolute Gasteiger partial charge is 0.345 e. The molecule has 6 nitrogen and oxygen atoms in total. The van der Waals surface area contributed by atoms with E-state index in [9.17, 15) is 0 Å². The standard InChI is InChI=1S/C27H32N6/c1-2-3-14-28-18-26-32-23-13-11-21(16-25(23)33-26)20-9-6-19(7-10-20)8-12-22-17-30-27(31-22)24-5-4-15-29-24/h1,6-7,9-10,13,16-17,21,24,28-29H,3-5,8,11-12,14-15,18H2,(H,30,31)(H,32,33). The Balaban J connectivity index is 1.18. The fourth-order valence-electron chi connectivity index (χ4n) is 4.74. The van der Waals surface area contributed by atoms with Crippen LogP contribution in [0, 0.1) is 12.3 Å². The number of H-pyrrole nitrogens is 2. The molecule has 0 saturated carbocycles. The van der Waals surface area contributed by atoms with Crippen LogP contribution in [-0.2, 0) is 19.4 Å². The molecule has 1 aliphatic carbocycles. The summed E-state index contributed by atoms with van der Waals surface area (Å²) >= 11 is 0. The van der Waals surface area contributed by atoms with Gasteiger partial charge in [0.25, 0.3) is 0 Å². The average Bonchev–Trinajstić information content (AvgIpc) is 3.60. The summed E-state index contributed by atoms with van der Waals surface area (Å²) in [6.45, 7) is 2.62. The van der Waals surface area contributed by atoms with E-state index in [4.69, 9.17) is 11.4 Å². The SMILES string of the molecule is C#CCCNCc1nc2c([nH]1)=CC(c1ccc(CCc3cnc(C4CCCN4)[nH]3)cc1)CC=2. The van der Waals surface area contributed by atoms with Crippen molar-refractivity contribution in [3.8, 4) is 12.3 Å². The predicted molar refractivity (Wildman–Crippen MR) is 132 cm³/mol. The Labute approximate surface area is 195 Å². The van der Waals surface area contributed by atoms with Crippen LogP contribution in [0.1, 0.15) is 66.1 Å². The van der Waals surface area contributed by atoms with Gasteiger partial charge in [0, 0.05) is 30.8 Å². The third-order valence-corrected chi connectivity index (χ3v) is 6.61. The molecule has 2 unspecified atom stereocenters. The molecule has 1 fully saturated rings. The van der Waals surface area contributed by atoms with Crippen molar-refractivity contribution in [2.75, 3.05) is 13.1 Å². The number of aromatic amines is 2. The first-order chi connectivity index (χ1) is 16.3. The Hall–Kier alpha value is -3.14. The molecule has 2 aromatic heterocycles. The Bertz CT molecular complexity index is 1220. The predicted octanol–water partition coefficient (Wildman–Crippen LogP) is 2.20. The number of nitrogens with one attached hydrogen (secondary N) is 4. The van der Waals surface area contributed by atoms with E-state index in [1.807, 2.05) is 6.20 Å². The number of hydrogen-bond acceptors (Lipinski definition) is 4. The molecule has 0 spiro atoms. The van der Waals surface area contributed by atoms with Gasteiger partial charge in [-0.1, -0.05) is 36.4 Å². The summed E-state index contributed by atoms with van der Waals surface area (Å²) in [6.07, 6.45) is 18.0. The van der Waals surface area contributed by atoms with Crippen LogP contribution in [-0.4, -0.2) is 33.0 Å². The molecule has 6 heteroatoms. The van der Waals surface area contributed by atoms with Crippen LogP contribution in [0.2, 0.25) is 0 Å². The zero-order valence-corrected chi connectivity index (χ0v) is 19.0. The second-order valence-corrected chi connectivity index (χ2v) is 9.01. The van der Waals surface area contributed by atoms with Crippen molar-refractivity contribution in [3.63, 3.8) is 0 Å². The van der Waals surface area contributed by atoms with Gasteiger partial charge in [-0.15, -0.1) is 12.3 Å². The Morgan fingerprint density at radius 3 is 2.88 bits per heavy atom. The van der Waals surface area contributed by atoms with E-state index in [2.05, 4.69) is 67.9 Å². The van der Waals surface area contributed by atoms with Gasteiger partial charge in [0.2, 0.25) is 0 Å². The molecule has 2 atom stereocenters. The number of imidazole rings is 2. The van der Waals surface area contributed by atoms with E-state index >= 15 is 0 Å². The van der Waals surface area contributed by atoms with Crippen LogP contribution in [0.3, 0.4) is 0 Å². The molecule has 170 valence electrons. The normalized spacial score (nSPS) is 19.5. The minimum Gasteiger partial charge on any atom is -0.345 e. The van der Waals surface area contributed by atoms with Gasteiger partial charge in [0.1, 0.15) is 11.6 Å². The van der Waals surface area contributed by atoms with Gasteiger partial charge in [-0.3, -0.25) is 0 Å². The first-order valence-corrected chi connectivity index (χ1v) is 12.1. The molecule has 5 rings (SSSR count). The first kappa shape index (κ1) is 21.7. The molecular weight excluding hydrogens is 408 g/mol.